The summed E-state index contributed by atoms with van der Waals surface area (Å²) in [5.74, 6) is 1.56. The molecule has 1 atom stereocenters. The molecule has 1 unspecified atom stereocenters. The number of benzene rings is 1. The quantitative estimate of drug-likeness (QED) is 0.863. The summed E-state index contributed by atoms with van der Waals surface area (Å²) in [6, 6.07) is 7.81. The first-order chi connectivity index (χ1) is 7.29. The Morgan fingerprint density at radius 2 is 2.27 bits per heavy atom. The van der Waals surface area contributed by atoms with Crippen LogP contribution in [-0.2, 0) is 5.75 Å². The van der Waals surface area contributed by atoms with Crippen molar-refractivity contribution < 1.29 is 4.42 Å². The molecule has 4 heteroatoms. The molecule has 0 amide bonds. The number of fused-ring (bicyclic) bond motifs is 1. The number of hydrogen-bond acceptors (Lipinski definition) is 4. The molecule has 2 rings (SSSR count). The van der Waals surface area contributed by atoms with E-state index in [2.05, 4.69) is 11.9 Å². The molecule has 1 aromatic carbocycles. The van der Waals surface area contributed by atoms with Crippen molar-refractivity contribution in [2.45, 2.75) is 17.9 Å². The average Bonchev–Trinajstić information content (AvgIpc) is 2.68. The number of thioether (sulfide) groups is 1. The van der Waals surface area contributed by atoms with E-state index in [9.17, 15) is 0 Å². The number of nitrogens with two attached hydrogens (primary N) is 1. The Morgan fingerprint density at radius 1 is 1.47 bits per heavy atom. The molecule has 0 spiro atoms. The number of aromatic nitrogens is 1. The molecule has 0 fully saturated rings. The topological polar surface area (TPSA) is 52.0 Å². The van der Waals surface area contributed by atoms with Gasteiger partial charge in [0.2, 0.25) is 5.89 Å². The van der Waals surface area contributed by atoms with Gasteiger partial charge in [-0.15, -0.1) is 11.8 Å². The van der Waals surface area contributed by atoms with Crippen LogP contribution in [0.25, 0.3) is 11.1 Å². The van der Waals surface area contributed by atoms with Crippen LogP contribution in [0.4, 0.5) is 0 Å². The third-order valence-corrected chi connectivity index (χ3v) is 3.34. The minimum atomic E-state index is 0.444. The molecular weight excluding hydrogens is 208 g/mol. The van der Waals surface area contributed by atoms with E-state index in [1.54, 1.807) is 11.8 Å². The van der Waals surface area contributed by atoms with Crippen LogP contribution < -0.4 is 5.73 Å². The van der Waals surface area contributed by atoms with Crippen LogP contribution in [0, 0.1) is 0 Å². The molecule has 3 nitrogen and oxygen atoms in total. The monoisotopic (exact) mass is 222 g/mol. The van der Waals surface area contributed by atoms with Crippen LogP contribution >= 0.6 is 11.8 Å². The van der Waals surface area contributed by atoms with Crippen molar-refractivity contribution >= 4 is 22.9 Å². The smallest absolute Gasteiger partial charge is 0.205 e. The lowest BCUT2D eigenvalue weighted by Gasteiger charge is -2.04. The van der Waals surface area contributed by atoms with E-state index in [0.717, 1.165) is 22.7 Å². The van der Waals surface area contributed by atoms with Crippen molar-refractivity contribution in [1.82, 2.24) is 4.98 Å². The van der Waals surface area contributed by atoms with Crippen LogP contribution in [0.1, 0.15) is 12.8 Å². The zero-order valence-corrected chi connectivity index (χ0v) is 9.46. The largest absolute Gasteiger partial charge is 0.440 e. The van der Waals surface area contributed by atoms with Crippen molar-refractivity contribution in [2.75, 3.05) is 6.54 Å². The molecule has 0 aliphatic heterocycles. The zero-order valence-electron chi connectivity index (χ0n) is 8.64. The molecule has 0 saturated heterocycles. The summed E-state index contributed by atoms with van der Waals surface area (Å²) in [5, 5.41) is 0.444. The molecular formula is C11H14N2OS. The Hall–Kier alpha value is -1.00. The van der Waals surface area contributed by atoms with Crippen molar-refractivity contribution in [3.8, 4) is 0 Å². The van der Waals surface area contributed by atoms with Gasteiger partial charge in [-0.3, -0.25) is 0 Å². The van der Waals surface area contributed by atoms with Gasteiger partial charge in [0.05, 0.1) is 5.75 Å². The highest BCUT2D eigenvalue weighted by molar-refractivity contribution is 7.99. The average molecular weight is 222 g/mol. The highest BCUT2D eigenvalue weighted by Gasteiger charge is 2.06. The maximum Gasteiger partial charge on any atom is 0.205 e. The molecule has 0 radical (unpaired) electrons. The summed E-state index contributed by atoms with van der Waals surface area (Å²) < 4.78 is 5.59. The molecule has 2 N–H and O–H groups in total. The van der Waals surface area contributed by atoms with Crippen molar-refractivity contribution in [2.24, 2.45) is 5.73 Å². The van der Waals surface area contributed by atoms with Crippen LogP contribution in [0.2, 0.25) is 0 Å². The van der Waals surface area contributed by atoms with Crippen molar-refractivity contribution in [3.63, 3.8) is 0 Å². The Balaban J connectivity index is 2.09. The summed E-state index contributed by atoms with van der Waals surface area (Å²) in [6.07, 6.45) is 0. The van der Waals surface area contributed by atoms with Gasteiger partial charge in [0.25, 0.3) is 0 Å². The van der Waals surface area contributed by atoms with E-state index in [1.165, 1.54) is 0 Å². The molecule has 1 heterocycles. The molecule has 80 valence electrons. The van der Waals surface area contributed by atoms with E-state index in [0.29, 0.717) is 11.8 Å². The summed E-state index contributed by atoms with van der Waals surface area (Å²) >= 11 is 1.76. The molecule has 0 aliphatic rings. The van der Waals surface area contributed by atoms with E-state index in [4.69, 9.17) is 10.2 Å². The van der Waals surface area contributed by atoms with Crippen LogP contribution in [0.3, 0.4) is 0 Å². The normalized spacial score (nSPS) is 13.2. The van der Waals surface area contributed by atoms with Crippen LogP contribution in [0.5, 0.6) is 0 Å². The fraction of sp³-hybridized carbons (Fsp3) is 0.364. The van der Waals surface area contributed by atoms with E-state index in [1.807, 2.05) is 24.3 Å². The van der Waals surface area contributed by atoms with E-state index >= 15 is 0 Å². The third kappa shape index (κ3) is 2.52. The molecule has 0 aliphatic carbocycles. The van der Waals surface area contributed by atoms with Crippen molar-refractivity contribution in [1.29, 1.82) is 0 Å². The number of rotatable bonds is 4. The Labute approximate surface area is 93.0 Å². The van der Waals surface area contributed by atoms with Gasteiger partial charge in [-0.25, -0.2) is 4.98 Å². The number of nitrogens with zero attached hydrogens (tertiary/aromatic N) is 1. The predicted molar refractivity (Wildman–Crippen MR) is 63.8 cm³/mol. The summed E-state index contributed by atoms with van der Waals surface area (Å²) in [4.78, 5) is 4.39. The van der Waals surface area contributed by atoms with Crippen molar-refractivity contribution in [3.05, 3.63) is 30.2 Å². The molecule has 2 aromatic rings. The van der Waals surface area contributed by atoms with Gasteiger partial charge >= 0.3 is 0 Å². The van der Waals surface area contributed by atoms with Gasteiger partial charge in [0.15, 0.2) is 5.58 Å². The molecule has 0 bridgehead atoms. The Bertz CT molecular complexity index is 408. The molecule has 1 aromatic heterocycles. The lowest BCUT2D eigenvalue weighted by molar-refractivity contribution is 0.556. The van der Waals surface area contributed by atoms with Gasteiger partial charge in [-0.1, -0.05) is 19.1 Å². The summed E-state index contributed by atoms with van der Waals surface area (Å²) in [6.45, 7) is 2.79. The minimum Gasteiger partial charge on any atom is -0.440 e. The zero-order chi connectivity index (χ0) is 10.7. The lowest BCUT2D eigenvalue weighted by atomic mass is 10.3. The number of para-hydroxylation sites is 2. The van der Waals surface area contributed by atoms with Gasteiger partial charge in [-0.2, -0.15) is 0 Å². The highest BCUT2D eigenvalue weighted by atomic mass is 32.2. The standard InChI is InChI=1S/C11H14N2OS/c1-8(6-12)15-7-11-13-9-4-2-3-5-10(9)14-11/h2-5,8H,6-7,12H2,1H3. The second kappa shape index (κ2) is 4.68. The lowest BCUT2D eigenvalue weighted by Crippen LogP contribution is -2.12. The van der Waals surface area contributed by atoms with Gasteiger partial charge in [0.1, 0.15) is 5.52 Å². The molecule has 15 heavy (non-hydrogen) atoms. The second-order valence-corrected chi connectivity index (χ2v) is 4.86. The Morgan fingerprint density at radius 3 is 3.00 bits per heavy atom. The number of hydrogen-bond donors (Lipinski definition) is 1. The minimum absolute atomic E-state index is 0.444. The first kappa shape index (κ1) is 10.5. The first-order valence-corrected chi connectivity index (χ1v) is 6.00. The summed E-state index contributed by atoms with van der Waals surface area (Å²) in [7, 11) is 0. The second-order valence-electron chi connectivity index (χ2n) is 3.43. The Kier molecular flexibility index (Phi) is 3.28. The van der Waals surface area contributed by atoms with Gasteiger partial charge < -0.3 is 10.2 Å². The SMILES string of the molecule is CC(CN)SCc1nc2ccccc2o1. The molecule has 0 saturated carbocycles. The third-order valence-electron chi connectivity index (χ3n) is 2.16. The van der Waals surface area contributed by atoms with Crippen LogP contribution in [-0.4, -0.2) is 16.8 Å². The fourth-order valence-electron chi connectivity index (χ4n) is 1.26. The maximum absolute atomic E-state index is 5.59. The fourth-order valence-corrected chi connectivity index (χ4v) is 1.95. The van der Waals surface area contributed by atoms with E-state index < -0.39 is 0 Å². The van der Waals surface area contributed by atoms with Gasteiger partial charge in [0, 0.05) is 11.8 Å². The highest BCUT2D eigenvalue weighted by Crippen LogP contribution is 2.20. The van der Waals surface area contributed by atoms with Crippen LogP contribution in [0.15, 0.2) is 28.7 Å². The maximum atomic E-state index is 5.59. The number of oxazole rings is 1. The van der Waals surface area contributed by atoms with Gasteiger partial charge in [-0.05, 0) is 12.1 Å². The first-order valence-electron chi connectivity index (χ1n) is 4.95. The predicted octanol–water partition coefficient (Wildman–Crippen LogP) is 2.41. The summed E-state index contributed by atoms with van der Waals surface area (Å²) in [5.41, 5.74) is 7.32. The van der Waals surface area contributed by atoms with E-state index in [-0.39, 0.29) is 0 Å².